The van der Waals surface area contributed by atoms with E-state index in [1.54, 1.807) is 21.3 Å². The van der Waals surface area contributed by atoms with Crippen molar-refractivity contribution in [1.29, 1.82) is 0 Å². The summed E-state index contributed by atoms with van der Waals surface area (Å²) in [6.45, 7) is 13.3. The van der Waals surface area contributed by atoms with Crippen LogP contribution in [0, 0.1) is 0 Å². The van der Waals surface area contributed by atoms with Crippen molar-refractivity contribution in [3.05, 3.63) is 89.0 Å². The molecule has 0 aliphatic rings. The first-order valence-corrected chi connectivity index (χ1v) is 12.0. The number of hydrogen-bond acceptors (Lipinski definition) is 4. The van der Waals surface area contributed by atoms with E-state index in [-0.39, 0.29) is 16.7 Å². The molecule has 0 aromatic heterocycles. The molecule has 0 radical (unpaired) electrons. The lowest BCUT2D eigenvalue weighted by molar-refractivity contribution is 0.375. The van der Waals surface area contributed by atoms with Crippen LogP contribution in [0.1, 0.15) is 69.7 Å². The summed E-state index contributed by atoms with van der Waals surface area (Å²) in [6.07, 6.45) is 0. The summed E-state index contributed by atoms with van der Waals surface area (Å²) in [5.74, 6) is 1.80. The molecule has 4 nitrogen and oxygen atoms in total. The largest absolute Gasteiger partial charge is 0.496 e. The van der Waals surface area contributed by atoms with Gasteiger partial charge in [0.15, 0.2) is 0 Å². The Morgan fingerprint density at radius 2 is 1.11 bits per heavy atom. The van der Waals surface area contributed by atoms with Crippen molar-refractivity contribution in [2.45, 2.75) is 58.3 Å². The molecular formula is C31H39NO3. The van der Waals surface area contributed by atoms with Crippen molar-refractivity contribution < 1.29 is 14.2 Å². The fraction of sp³-hybridized carbons (Fsp3) is 0.387. The molecule has 0 fully saturated rings. The maximum atomic E-state index is 6.01. The second-order valence-electron chi connectivity index (χ2n) is 10.8. The zero-order valence-electron chi connectivity index (χ0n) is 22.6. The summed E-state index contributed by atoms with van der Waals surface area (Å²) in [6, 6.07) is 22.6. The molecule has 3 aromatic rings. The molecule has 35 heavy (non-hydrogen) atoms. The lowest BCUT2D eigenvalue weighted by atomic mass is 9.80. The molecule has 0 aliphatic carbocycles. The Morgan fingerprint density at radius 3 is 1.49 bits per heavy atom. The standard InChI is InChI=1S/C31H39NO3/c1-30(2,3)21-15-17-26(33-7)24(19-21)28(29(35-9)32-23-13-11-10-12-14-23)25-20-22(31(4,5)6)16-18-27(25)34-8/h10-20,28H,1-9H3/b32-29-. The van der Waals surface area contributed by atoms with Gasteiger partial charge in [-0.25, -0.2) is 4.99 Å². The van der Waals surface area contributed by atoms with E-state index >= 15 is 0 Å². The molecule has 0 heterocycles. The van der Waals surface area contributed by atoms with Crippen molar-refractivity contribution in [2.24, 2.45) is 4.99 Å². The maximum absolute atomic E-state index is 6.01. The van der Waals surface area contributed by atoms with Crippen LogP contribution >= 0.6 is 0 Å². The third kappa shape index (κ3) is 6.05. The topological polar surface area (TPSA) is 40.0 Å². The molecule has 0 saturated heterocycles. The Morgan fingerprint density at radius 1 is 0.657 bits per heavy atom. The van der Waals surface area contributed by atoms with Gasteiger partial charge in [-0.3, -0.25) is 0 Å². The van der Waals surface area contributed by atoms with Gasteiger partial charge in [-0.05, 0) is 46.2 Å². The maximum Gasteiger partial charge on any atom is 0.200 e. The van der Waals surface area contributed by atoms with E-state index in [0.717, 1.165) is 28.3 Å². The second-order valence-corrected chi connectivity index (χ2v) is 10.8. The van der Waals surface area contributed by atoms with Crippen LogP contribution in [0.5, 0.6) is 11.5 Å². The highest BCUT2D eigenvalue weighted by molar-refractivity contribution is 5.91. The quantitative estimate of drug-likeness (QED) is 0.271. The summed E-state index contributed by atoms with van der Waals surface area (Å²) in [5.41, 5.74) is 5.14. The third-order valence-corrected chi connectivity index (χ3v) is 6.27. The highest BCUT2D eigenvalue weighted by atomic mass is 16.5. The normalized spacial score (nSPS) is 12.6. The summed E-state index contributed by atoms with van der Waals surface area (Å²) in [4.78, 5) is 4.95. The van der Waals surface area contributed by atoms with Gasteiger partial charge < -0.3 is 14.2 Å². The number of hydrogen-bond donors (Lipinski definition) is 0. The monoisotopic (exact) mass is 473 g/mol. The number of benzene rings is 3. The molecule has 3 aromatic carbocycles. The Kier molecular flexibility index (Phi) is 7.94. The molecule has 186 valence electrons. The van der Waals surface area contributed by atoms with Crippen LogP contribution < -0.4 is 9.47 Å². The minimum atomic E-state index is -0.338. The van der Waals surface area contributed by atoms with Crippen molar-refractivity contribution >= 4 is 11.6 Å². The van der Waals surface area contributed by atoms with Gasteiger partial charge >= 0.3 is 0 Å². The number of nitrogens with zero attached hydrogens (tertiary/aromatic N) is 1. The Labute approximate surface area is 211 Å². The zero-order chi connectivity index (χ0) is 25.8. The van der Waals surface area contributed by atoms with Gasteiger partial charge in [0.1, 0.15) is 11.5 Å². The number of aliphatic imine (C=N–C) groups is 1. The molecule has 0 bridgehead atoms. The predicted molar refractivity (Wildman–Crippen MR) is 146 cm³/mol. The van der Waals surface area contributed by atoms with Crippen molar-refractivity contribution in [3.63, 3.8) is 0 Å². The van der Waals surface area contributed by atoms with Crippen LogP contribution in [0.3, 0.4) is 0 Å². The van der Waals surface area contributed by atoms with E-state index in [4.69, 9.17) is 19.2 Å². The fourth-order valence-corrected chi connectivity index (χ4v) is 4.14. The minimum absolute atomic E-state index is 0.0350. The van der Waals surface area contributed by atoms with Crippen LogP contribution in [-0.4, -0.2) is 27.2 Å². The first-order chi connectivity index (χ1) is 16.5. The van der Waals surface area contributed by atoms with E-state index in [9.17, 15) is 0 Å². The SMILES string of the molecule is CO/C(=N\c1ccccc1)C(c1cc(C(C)(C)C)ccc1OC)c1cc(C(C)(C)C)ccc1OC. The van der Waals surface area contributed by atoms with Gasteiger partial charge in [-0.1, -0.05) is 84.0 Å². The van der Waals surface area contributed by atoms with E-state index in [1.165, 1.54) is 11.1 Å². The molecule has 0 spiro atoms. The zero-order valence-corrected chi connectivity index (χ0v) is 22.6. The van der Waals surface area contributed by atoms with Crippen LogP contribution in [0.15, 0.2) is 71.7 Å². The number of para-hydroxylation sites is 1. The predicted octanol–water partition coefficient (Wildman–Crippen LogP) is 7.81. The molecule has 4 heteroatoms. The average Bonchev–Trinajstić information content (AvgIpc) is 2.82. The van der Waals surface area contributed by atoms with Crippen LogP contribution in [0.25, 0.3) is 0 Å². The van der Waals surface area contributed by atoms with Gasteiger partial charge in [-0.15, -0.1) is 0 Å². The molecule has 0 N–H and O–H groups in total. The first-order valence-electron chi connectivity index (χ1n) is 12.0. The van der Waals surface area contributed by atoms with Crippen molar-refractivity contribution in [1.82, 2.24) is 0 Å². The summed E-state index contributed by atoms with van der Waals surface area (Å²) >= 11 is 0. The Hall–Kier alpha value is -3.27. The summed E-state index contributed by atoms with van der Waals surface area (Å²) < 4.78 is 17.8. The number of methoxy groups -OCH3 is 3. The third-order valence-electron chi connectivity index (χ3n) is 6.27. The highest BCUT2D eigenvalue weighted by Crippen LogP contribution is 2.42. The molecule has 0 atom stereocenters. The van der Waals surface area contributed by atoms with Gasteiger partial charge in [0.05, 0.1) is 32.9 Å². The van der Waals surface area contributed by atoms with E-state index < -0.39 is 0 Å². The smallest absolute Gasteiger partial charge is 0.200 e. The Bertz CT molecular complexity index is 1100. The molecule has 0 unspecified atom stereocenters. The molecule has 0 amide bonds. The highest BCUT2D eigenvalue weighted by Gasteiger charge is 2.31. The van der Waals surface area contributed by atoms with Gasteiger partial charge in [0.25, 0.3) is 0 Å². The lowest BCUT2D eigenvalue weighted by Gasteiger charge is -2.28. The molecular weight excluding hydrogens is 434 g/mol. The lowest BCUT2D eigenvalue weighted by Crippen LogP contribution is -2.21. The van der Waals surface area contributed by atoms with Crippen molar-refractivity contribution in [2.75, 3.05) is 21.3 Å². The summed E-state index contributed by atoms with van der Waals surface area (Å²) in [5, 5.41) is 0. The van der Waals surface area contributed by atoms with Gasteiger partial charge in [0, 0.05) is 11.1 Å². The van der Waals surface area contributed by atoms with Crippen molar-refractivity contribution in [3.8, 4) is 11.5 Å². The number of rotatable bonds is 6. The number of ether oxygens (including phenoxy) is 3. The molecule has 3 rings (SSSR count). The van der Waals surface area contributed by atoms with Crippen LogP contribution in [0.4, 0.5) is 5.69 Å². The van der Waals surface area contributed by atoms with E-state index in [1.807, 2.05) is 42.5 Å². The molecule has 0 saturated carbocycles. The summed E-state index contributed by atoms with van der Waals surface area (Å²) in [7, 11) is 5.08. The van der Waals surface area contributed by atoms with Gasteiger partial charge in [0.2, 0.25) is 5.90 Å². The van der Waals surface area contributed by atoms with Crippen LogP contribution in [0.2, 0.25) is 0 Å². The molecule has 0 aliphatic heterocycles. The minimum Gasteiger partial charge on any atom is -0.496 e. The average molecular weight is 474 g/mol. The fourth-order valence-electron chi connectivity index (χ4n) is 4.14. The first kappa shape index (κ1) is 26.3. The van der Waals surface area contributed by atoms with Crippen LogP contribution in [-0.2, 0) is 15.6 Å². The van der Waals surface area contributed by atoms with E-state index in [2.05, 4.69) is 65.8 Å². The van der Waals surface area contributed by atoms with Gasteiger partial charge in [-0.2, -0.15) is 0 Å². The Balaban J connectivity index is 2.39. The second kappa shape index (κ2) is 10.6. The van der Waals surface area contributed by atoms with E-state index in [0.29, 0.717) is 5.90 Å².